The topological polar surface area (TPSA) is 129 Å². The predicted octanol–water partition coefficient (Wildman–Crippen LogP) is 4.73. The molecule has 0 aliphatic carbocycles. The van der Waals surface area contributed by atoms with E-state index in [1.54, 1.807) is 41.5 Å². The summed E-state index contributed by atoms with van der Waals surface area (Å²) in [6, 6.07) is 0. The summed E-state index contributed by atoms with van der Waals surface area (Å²) >= 11 is 0. The normalized spacial score (nSPS) is 8.38. The monoisotopic (exact) mass is 345 g/mol. The summed E-state index contributed by atoms with van der Waals surface area (Å²) in [6.45, 7) is 14.8. The number of nitrogens with zero attached hydrogens (tertiary/aromatic N) is 3. The van der Waals surface area contributed by atoms with Crippen LogP contribution >= 0.6 is 0 Å². The molecule has 0 radical (unpaired) electrons. The molecule has 0 aliphatic heterocycles. The lowest BCUT2D eigenvalue weighted by Gasteiger charge is -1.88. The third kappa shape index (κ3) is 14.4. The highest BCUT2D eigenvalue weighted by atomic mass is 16.6. The van der Waals surface area contributed by atoms with Gasteiger partial charge in [0.15, 0.2) is 0 Å². The van der Waals surface area contributed by atoms with Gasteiger partial charge in [-0.2, -0.15) is 0 Å². The molecule has 0 saturated carbocycles. The van der Waals surface area contributed by atoms with E-state index in [0.717, 1.165) is 16.7 Å². The molecule has 0 heterocycles. The number of nitro groups is 3. The first kappa shape index (κ1) is 26.3. The van der Waals surface area contributed by atoms with E-state index < -0.39 is 0 Å². The highest BCUT2D eigenvalue weighted by Gasteiger charge is 2.02. The van der Waals surface area contributed by atoms with Gasteiger partial charge in [0, 0.05) is 20.8 Å². The molecule has 24 heavy (non-hydrogen) atoms. The van der Waals surface area contributed by atoms with Gasteiger partial charge in [-0.1, -0.05) is 0 Å². The highest BCUT2D eigenvalue weighted by molar-refractivity contribution is 4.98. The Morgan fingerprint density at radius 1 is 0.458 bits per heavy atom. The van der Waals surface area contributed by atoms with E-state index in [9.17, 15) is 30.3 Å². The van der Waals surface area contributed by atoms with Crippen molar-refractivity contribution >= 4 is 0 Å². The van der Waals surface area contributed by atoms with Crippen LogP contribution in [0.5, 0.6) is 0 Å². The second-order valence-corrected chi connectivity index (χ2v) is 5.53. The van der Waals surface area contributed by atoms with Crippen LogP contribution in [0.3, 0.4) is 0 Å². The highest BCUT2D eigenvalue weighted by Crippen LogP contribution is 2.01. The van der Waals surface area contributed by atoms with E-state index >= 15 is 0 Å². The van der Waals surface area contributed by atoms with E-state index in [4.69, 9.17) is 0 Å². The van der Waals surface area contributed by atoms with Crippen molar-refractivity contribution in [2.75, 3.05) is 0 Å². The molecular formula is C15H27N3O6. The Morgan fingerprint density at radius 2 is 0.583 bits per heavy atom. The van der Waals surface area contributed by atoms with Crippen LogP contribution in [0.25, 0.3) is 0 Å². The van der Waals surface area contributed by atoms with Crippen LogP contribution < -0.4 is 0 Å². The van der Waals surface area contributed by atoms with Crippen molar-refractivity contribution in [2.24, 2.45) is 0 Å². The minimum atomic E-state index is -0.380. The summed E-state index contributed by atoms with van der Waals surface area (Å²) in [5.74, 6) is 0. The molecule has 0 saturated heterocycles. The number of hydrogen-bond donors (Lipinski definition) is 0. The van der Waals surface area contributed by atoms with Crippen LogP contribution in [0, 0.1) is 30.3 Å². The summed E-state index contributed by atoms with van der Waals surface area (Å²) in [7, 11) is 0. The molecule has 0 amide bonds. The molecule has 0 spiro atoms. The smallest absolute Gasteiger partial charge is 0.241 e. The molecule has 0 bridgehead atoms. The van der Waals surface area contributed by atoms with Gasteiger partial charge in [0.1, 0.15) is 0 Å². The number of hydrogen-bond acceptors (Lipinski definition) is 6. The molecule has 0 rings (SSSR count). The van der Waals surface area contributed by atoms with Gasteiger partial charge < -0.3 is 0 Å². The minimum Gasteiger partial charge on any atom is -0.259 e. The summed E-state index contributed by atoms with van der Waals surface area (Å²) in [5.41, 5.74) is 3.00. The summed E-state index contributed by atoms with van der Waals surface area (Å²) < 4.78 is 0. The molecule has 0 aromatic carbocycles. The van der Waals surface area contributed by atoms with Crippen LogP contribution in [0.1, 0.15) is 62.3 Å². The van der Waals surface area contributed by atoms with Crippen LogP contribution in [0.2, 0.25) is 0 Å². The number of rotatable bonds is 3. The molecule has 0 N–H and O–H groups in total. The molecule has 0 aromatic rings. The maximum Gasteiger partial charge on any atom is 0.241 e. The van der Waals surface area contributed by atoms with Crippen molar-refractivity contribution in [3.05, 3.63) is 64.2 Å². The van der Waals surface area contributed by atoms with Gasteiger partial charge in [-0.25, -0.2) is 0 Å². The second-order valence-electron chi connectivity index (χ2n) is 5.53. The van der Waals surface area contributed by atoms with Crippen LogP contribution in [0.15, 0.2) is 33.8 Å². The zero-order valence-corrected chi connectivity index (χ0v) is 15.8. The lowest BCUT2D eigenvalue weighted by atomic mass is 10.3. The molecule has 0 aliphatic rings. The minimum absolute atomic E-state index is 0.241. The first-order valence-corrected chi connectivity index (χ1v) is 7.02. The lowest BCUT2D eigenvalue weighted by molar-refractivity contribution is -0.425. The molecule has 0 atom stereocenters. The molecule has 138 valence electrons. The Morgan fingerprint density at radius 3 is 0.583 bits per heavy atom. The average molecular weight is 345 g/mol. The Labute approximate surface area is 142 Å². The van der Waals surface area contributed by atoms with Gasteiger partial charge in [-0.15, -0.1) is 0 Å². The van der Waals surface area contributed by atoms with E-state index in [0.29, 0.717) is 0 Å². The van der Waals surface area contributed by atoms with Gasteiger partial charge in [0.25, 0.3) is 0 Å². The quantitative estimate of drug-likeness (QED) is 0.537. The zero-order valence-electron chi connectivity index (χ0n) is 15.8. The molecule has 0 unspecified atom stereocenters. The summed E-state index contributed by atoms with van der Waals surface area (Å²) in [6.07, 6.45) is 0. The molecular weight excluding hydrogens is 318 g/mol. The van der Waals surface area contributed by atoms with Gasteiger partial charge in [0.05, 0.1) is 14.8 Å². The Bertz CT molecular complexity index is 481. The fourth-order valence-corrected chi connectivity index (χ4v) is 0.548. The standard InChI is InChI=1S/3C5H9NO2/c3*1-4(2)5(3)6(7)8/h3*1-3H3. The van der Waals surface area contributed by atoms with Crippen molar-refractivity contribution in [2.45, 2.75) is 62.3 Å². The van der Waals surface area contributed by atoms with Crippen molar-refractivity contribution in [1.82, 2.24) is 0 Å². The van der Waals surface area contributed by atoms with E-state index in [-0.39, 0.29) is 31.9 Å². The third-order valence-electron chi connectivity index (χ3n) is 2.99. The van der Waals surface area contributed by atoms with Crippen LogP contribution in [-0.2, 0) is 0 Å². The van der Waals surface area contributed by atoms with E-state index in [1.165, 1.54) is 20.8 Å². The van der Waals surface area contributed by atoms with Crippen molar-refractivity contribution in [3.8, 4) is 0 Å². The van der Waals surface area contributed by atoms with Crippen LogP contribution in [-0.4, -0.2) is 14.8 Å². The molecule has 0 fully saturated rings. The average Bonchev–Trinajstić information content (AvgIpc) is 2.45. The van der Waals surface area contributed by atoms with Crippen LogP contribution in [0.4, 0.5) is 0 Å². The summed E-state index contributed by atoms with van der Waals surface area (Å²) in [4.78, 5) is 28.5. The predicted molar refractivity (Wildman–Crippen MR) is 93.1 cm³/mol. The van der Waals surface area contributed by atoms with Gasteiger partial charge in [-0.3, -0.25) is 30.3 Å². The second kappa shape index (κ2) is 12.9. The van der Waals surface area contributed by atoms with Crippen molar-refractivity contribution in [1.29, 1.82) is 0 Å². The van der Waals surface area contributed by atoms with Gasteiger partial charge in [0.2, 0.25) is 17.1 Å². The third-order valence-corrected chi connectivity index (χ3v) is 2.99. The largest absolute Gasteiger partial charge is 0.259 e. The van der Waals surface area contributed by atoms with E-state index in [1.807, 2.05) is 0 Å². The first-order valence-electron chi connectivity index (χ1n) is 7.02. The zero-order chi connectivity index (χ0) is 20.2. The van der Waals surface area contributed by atoms with Crippen molar-refractivity contribution < 1.29 is 14.8 Å². The maximum atomic E-state index is 9.89. The Balaban J connectivity index is -0.000000276. The lowest BCUT2D eigenvalue weighted by Crippen LogP contribution is -1.94. The SMILES string of the molecule is CC(C)=C(C)[N+](=O)[O-].CC(C)=C(C)[N+](=O)[O-].CC(C)=C(C)[N+](=O)[O-]. The van der Waals surface area contributed by atoms with Gasteiger partial charge in [-0.05, 0) is 58.3 Å². The van der Waals surface area contributed by atoms with Gasteiger partial charge >= 0.3 is 0 Å². The first-order chi connectivity index (χ1) is 10.7. The summed E-state index contributed by atoms with van der Waals surface area (Å²) in [5, 5.41) is 29.7. The fourth-order valence-electron chi connectivity index (χ4n) is 0.548. The Kier molecular flexibility index (Phi) is 14.2. The molecule has 0 aromatic heterocycles. The van der Waals surface area contributed by atoms with E-state index in [2.05, 4.69) is 0 Å². The number of allylic oxidation sites excluding steroid dienone is 6. The fraction of sp³-hybridized carbons (Fsp3) is 0.600. The van der Waals surface area contributed by atoms with Crippen molar-refractivity contribution in [3.63, 3.8) is 0 Å². The molecule has 9 nitrogen and oxygen atoms in total. The Hall–Kier alpha value is -2.58. The maximum absolute atomic E-state index is 9.89. The molecule has 9 heteroatoms.